The van der Waals surface area contributed by atoms with Gasteiger partial charge >= 0.3 is 0 Å². The summed E-state index contributed by atoms with van der Waals surface area (Å²) in [6.45, 7) is 4.47. The molecule has 0 fully saturated rings. The monoisotopic (exact) mass is 247 g/mol. The molecule has 0 saturated heterocycles. The molecule has 2 N–H and O–H groups in total. The van der Waals surface area contributed by atoms with Crippen molar-refractivity contribution in [2.45, 2.75) is 26.4 Å². The molecule has 0 aromatic carbocycles. The molecule has 0 atom stereocenters. The summed E-state index contributed by atoms with van der Waals surface area (Å²) in [4.78, 5) is 12.6. The standard InChI is InChI=1S/C12H17N5O/c1-9(2)18-12-7-11(15-8-16-12)17-6-5-14-10(17)3-4-13/h5-9H,3-4,13H2,1-2H3. The highest BCUT2D eigenvalue weighted by atomic mass is 16.5. The van der Waals surface area contributed by atoms with Gasteiger partial charge in [-0.25, -0.2) is 15.0 Å². The third kappa shape index (κ3) is 2.84. The van der Waals surface area contributed by atoms with E-state index in [0.717, 1.165) is 11.6 Å². The molecule has 2 rings (SSSR count). The lowest BCUT2D eigenvalue weighted by molar-refractivity contribution is 0.232. The van der Waals surface area contributed by atoms with Crippen molar-refractivity contribution in [2.24, 2.45) is 5.73 Å². The van der Waals surface area contributed by atoms with Gasteiger partial charge in [0.2, 0.25) is 5.88 Å². The Kier molecular flexibility index (Phi) is 3.88. The fourth-order valence-corrected chi connectivity index (χ4v) is 1.62. The third-order valence-electron chi connectivity index (χ3n) is 2.32. The van der Waals surface area contributed by atoms with E-state index in [-0.39, 0.29) is 6.10 Å². The van der Waals surface area contributed by atoms with Gasteiger partial charge in [0.05, 0.1) is 6.10 Å². The Morgan fingerprint density at radius 2 is 2.17 bits per heavy atom. The van der Waals surface area contributed by atoms with Crippen LogP contribution in [-0.2, 0) is 6.42 Å². The normalized spacial score (nSPS) is 10.9. The summed E-state index contributed by atoms with van der Waals surface area (Å²) in [5.41, 5.74) is 5.55. The summed E-state index contributed by atoms with van der Waals surface area (Å²) >= 11 is 0. The van der Waals surface area contributed by atoms with Crippen LogP contribution in [0.25, 0.3) is 5.82 Å². The number of hydrogen-bond acceptors (Lipinski definition) is 5. The van der Waals surface area contributed by atoms with Crippen LogP contribution in [0, 0.1) is 0 Å². The maximum Gasteiger partial charge on any atom is 0.218 e. The lowest BCUT2D eigenvalue weighted by atomic mass is 10.4. The van der Waals surface area contributed by atoms with Crippen LogP contribution in [0.3, 0.4) is 0 Å². The van der Waals surface area contributed by atoms with Crippen molar-refractivity contribution in [1.29, 1.82) is 0 Å². The Bertz CT molecular complexity index is 509. The molecule has 6 nitrogen and oxygen atoms in total. The molecule has 0 saturated carbocycles. The minimum absolute atomic E-state index is 0.0825. The van der Waals surface area contributed by atoms with Gasteiger partial charge in [-0.2, -0.15) is 0 Å². The van der Waals surface area contributed by atoms with E-state index < -0.39 is 0 Å². The molecule has 0 aliphatic carbocycles. The third-order valence-corrected chi connectivity index (χ3v) is 2.32. The summed E-state index contributed by atoms with van der Waals surface area (Å²) in [7, 11) is 0. The molecule has 2 aromatic heterocycles. The number of aromatic nitrogens is 4. The molecule has 0 bridgehead atoms. The maximum atomic E-state index is 5.55. The lowest BCUT2D eigenvalue weighted by Crippen LogP contribution is -2.11. The number of nitrogens with two attached hydrogens (primary N) is 1. The molecule has 0 aliphatic heterocycles. The predicted octanol–water partition coefficient (Wildman–Crippen LogP) is 0.951. The SMILES string of the molecule is CC(C)Oc1cc(-n2ccnc2CCN)ncn1. The first-order valence-corrected chi connectivity index (χ1v) is 5.92. The smallest absolute Gasteiger partial charge is 0.218 e. The zero-order chi connectivity index (χ0) is 13.0. The Morgan fingerprint density at radius 1 is 1.33 bits per heavy atom. The van der Waals surface area contributed by atoms with Crippen LogP contribution in [0.2, 0.25) is 0 Å². The molecular weight excluding hydrogens is 230 g/mol. The summed E-state index contributed by atoms with van der Waals surface area (Å²) in [6.07, 6.45) is 5.86. The maximum absolute atomic E-state index is 5.55. The van der Waals surface area contributed by atoms with E-state index in [0.29, 0.717) is 18.8 Å². The predicted molar refractivity (Wildman–Crippen MR) is 67.7 cm³/mol. The molecule has 18 heavy (non-hydrogen) atoms. The second-order valence-electron chi connectivity index (χ2n) is 4.13. The van der Waals surface area contributed by atoms with E-state index in [4.69, 9.17) is 10.5 Å². The van der Waals surface area contributed by atoms with Crippen LogP contribution in [0.5, 0.6) is 5.88 Å². The molecule has 0 aliphatic rings. The van der Waals surface area contributed by atoms with Gasteiger partial charge in [0.1, 0.15) is 18.0 Å². The van der Waals surface area contributed by atoms with E-state index in [1.54, 1.807) is 12.3 Å². The van der Waals surface area contributed by atoms with Crippen molar-refractivity contribution >= 4 is 0 Å². The average molecular weight is 247 g/mol. The first-order valence-electron chi connectivity index (χ1n) is 5.92. The van der Waals surface area contributed by atoms with Crippen LogP contribution < -0.4 is 10.5 Å². The quantitative estimate of drug-likeness (QED) is 0.851. The van der Waals surface area contributed by atoms with Crippen LogP contribution in [0.1, 0.15) is 19.7 Å². The Hall–Kier alpha value is -1.95. The molecule has 0 amide bonds. The molecule has 96 valence electrons. The molecule has 2 heterocycles. The highest BCUT2D eigenvalue weighted by molar-refractivity contribution is 5.28. The van der Waals surface area contributed by atoms with Gasteiger partial charge in [-0.15, -0.1) is 0 Å². The Labute approximate surface area is 106 Å². The first kappa shape index (κ1) is 12.5. The topological polar surface area (TPSA) is 78.9 Å². The van der Waals surface area contributed by atoms with Crippen molar-refractivity contribution in [3.05, 3.63) is 30.6 Å². The largest absolute Gasteiger partial charge is 0.475 e. The van der Waals surface area contributed by atoms with E-state index in [9.17, 15) is 0 Å². The van der Waals surface area contributed by atoms with E-state index in [1.165, 1.54) is 6.33 Å². The molecule has 2 aromatic rings. The van der Waals surface area contributed by atoms with Gasteiger partial charge in [-0.3, -0.25) is 4.57 Å². The van der Waals surface area contributed by atoms with Crippen molar-refractivity contribution in [3.8, 4) is 11.7 Å². The van der Waals surface area contributed by atoms with Crippen LogP contribution in [0.4, 0.5) is 0 Å². The van der Waals surface area contributed by atoms with Crippen LogP contribution in [-0.4, -0.2) is 32.2 Å². The van der Waals surface area contributed by atoms with Crippen LogP contribution in [0.15, 0.2) is 24.8 Å². The fourth-order valence-electron chi connectivity index (χ4n) is 1.62. The Balaban J connectivity index is 2.29. The molecular formula is C12H17N5O. The lowest BCUT2D eigenvalue weighted by Gasteiger charge is -2.10. The number of ether oxygens (including phenoxy) is 1. The average Bonchev–Trinajstić information content (AvgIpc) is 2.77. The number of hydrogen-bond donors (Lipinski definition) is 1. The molecule has 0 unspecified atom stereocenters. The first-order chi connectivity index (χ1) is 8.70. The molecule has 6 heteroatoms. The van der Waals surface area contributed by atoms with Gasteiger partial charge in [0, 0.05) is 24.9 Å². The number of imidazole rings is 1. The van der Waals surface area contributed by atoms with Gasteiger partial charge in [-0.1, -0.05) is 0 Å². The fraction of sp³-hybridized carbons (Fsp3) is 0.417. The summed E-state index contributed by atoms with van der Waals surface area (Å²) in [6, 6.07) is 1.79. The highest BCUT2D eigenvalue weighted by Crippen LogP contribution is 2.14. The van der Waals surface area contributed by atoms with Gasteiger partial charge < -0.3 is 10.5 Å². The number of nitrogens with zero attached hydrogens (tertiary/aromatic N) is 4. The van der Waals surface area contributed by atoms with Gasteiger partial charge in [0.25, 0.3) is 0 Å². The summed E-state index contributed by atoms with van der Waals surface area (Å²) in [5, 5.41) is 0. The summed E-state index contributed by atoms with van der Waals surface area (Å²) in [5.74, 6) is 2.18. The summed E-state index contributed by atoms with van der Waals surface area (Å²) < 4.78 is 7.43. The van der Waals surface area contributed by atoms with Crippen molar-refractivity contribution in [1.82, 2.24) is 19.5 Å². The van der Waals surface area contributed by atoms with Crippen molar-refractivity contribution < 1.29 is 4.74 Å². The van der Waals surface area contributed by atoms with Gasteiger partial charge in [0.15, 0.2) is 0 Å². The molecule has 0 spiro atoms. The second kappa shape index (κ2) is 5.59. The van der Waals surface area contributed by atoms with Crippen LogP contribution >= 0.6 is 0 Å². The molecule has 0 radical (unpaired) electrons. The zero-order valence-corrected chi connectivity index (χ0v) is 10.6. The van der Waals surface area contributed by atoms with Gasteiger partial charge in [-0.05, 0) is 20.4 Å². The highest BCUT2D eigenvalue weighted by Gasteiger charge is 2.07. The van der Waals surface area contributed by atoms with Crippen molar-refractivity contribution in [2.75, 3.05) is 6.54 Å². The van der Waals surface area contributed by atoms with E-state index >= 15 is 0 Å². The number of rotatable bonds is 5. The second-order valence-corrected chi connectivity index (χ2v) is 4.13. The van der Waals surface area contributed by atoms with E-state index in [1.807, 2.05) is 24.6 Å². The minimum atomic E-state index is 0.0825. The minimum Gasteiger partial charge on any atom is -0.475 e. The zero-order valence-electron chi connectivity index (χ0n) is 10.6. The Morgan fingerprint density at radius 3 is 2.89 bits per heavy atom. The van der Waals surface area contributed by atoms with Crippen molar-refractivity contribution in [3.63, 3.8) is 0 Å². The van der Waals surface area contributed by atoms with E-state index in [2.05, 4.69) is 15.0 Å².